The Morgan fingerprint density at radius 1 is 1.33 bits per heavy atom. The lowest BCUT2D eigenvalue weighted by molar-refractivity contribution is -0.132. The van der Waals surface area contributed by atoms with Crippen molar-refractivity contribution in [1.29, 1.82) is 0 Å². The number of aryl methyl sites for hydroxylation is 1. The molecular formula is C15H17NO2. The van der Waals surface area contributed by atoms with Gasteiger partial charge in [-0.05, 0) is 37.3 Å². The van der Waals surface area contributed by atoms with Crippen molar-refractivity contribution in [3.63, 3.8) is 0 Å². The van der Waals surface area contributed by atoms with Gasteiger partial charge in [0.15, 0.2) is 5.78 Å². The van der Waals surface area contributed by atoms with Gasteiger partial charge < -0.3 is 4.90 Å². The molecule has 1 aromatic rings. The molecule has 1 amide bonds. The topological polar surface area (TPSA) is 37.4 Å². The van der Waals surface area contributed by atoms with E-state index < -0.39 is 0 Å². The second-order valence-corrected chi connectivity index (χ2v) is 5.07. The van der Waals surface area contributed by atoms with E-state index in [-0.39, 0.29) is 24.2 Å². The summed E-state index contributed by atoms with van der Waals surface area (Å²) in [5, 5.41) is 0. The Hall–Kier alpha value is -1.64. The molecule has 2 aliphatic rings. The Labute approximate surface area is 107 Å². The number of hydrogen-bond donors (Lipinski definition) is 0. The van der Waals surface area contributed by atoms with Crippen molar-refractivity contribution in [2.75, 3.05) is 6.54 Å². The van der Waals surface area contributed by atoms with Crippen LogP contribution >= 0.6 is 0 Å². The number of carbonyl (C=O) groups is 2. The summed E-state index contributed by atoms with van der Waals surface area (Å²) in [7, 11) is 0. The van der Waals surface area contributed by atoms with E-state index in [1.807, 2.05) is 24.0 Å². The fraction of sp³-hybridized carbons (Fsp3) is 0.467. The summed E-state index contributed by atoms with van der Waals surface area (Å²) in [6.07, 6.45) is 3.13. The van der Waals surface area contributed by atoms with Crippen LogP contribution in [0, 0.1) is 0 Å². The van der Waals surface area contributed by atoms with Crippen molar-refractivity contribution in [3.8, 4) is 0 Å². The molecule has 3 nitrogen and oxygen atoms in total. The molecule has 0 saturated heterocycles. The van der Waals surface area contributed by atoms with Gasteiger partial charge in [-0.15, -0.1) is 0 Å². The first-order valence-corrected chi connectivity index (χ1v) is 6.66. The van der Waals surface area contributed by atoms with Gasteiger partial charge in [-0.2, -0.15) is 0 Å². The fourth-order valence-electron chi connectivity index (χ4n) is 3.31. The zero-order chi connectivity index (χ0) is 12.7. The molecule has 0 spiro atoms. The number of hydrogen-bond acceptors (Lipinski definition) is 2. The van der Waals surface area contributed by atoms with E-state index in [1.165, 1.54) is 5.56 Å². The molecule has 0 fully saturated rings. The summed E-state index contributed by atoms with van der Waals surface area (Å²) >= 11 is 0. The van der Waals surface area contributed by atoms with Gasteiger partial charge in [-0.3, -0.25) is 9.59 Å². The highest BCUT2D eigenvalue weighted by Gasteiger charge is 2.35. The highest BCUT2D eigenvalue weighted by molar-refractivity contribution is 6.09. The van der Waals surface area contributed by atoms with Gasteiger partial charge in [0.1, 0.15) is 0 Å². The molecule has 0 aromatic heterocycles. The Bertz CT molecular complexity index is 521. The molecule has 1 atom stereocenters. The number of nitrogens with zero attached hydrogens (tertiary/aromatic N) is 1. The van der Waals surface area contributed by atoms with E-state index in [1.54, 1.807) is 0 Å². The normalized spacial score (nSPS) is 22.7. The van der Waals surface area contributed by atoms with Crippen molar-refractivity contribution in [1.82, 2.24) is 4.90 Å². The number of rotatable bonds is 1. The number of amides is 1. The highest BCUT2D eigenvalue weighted by atomic mass is 16.2. The smallest absolute Gasteiger partial charge is 0.230 e. The van der Waals surface area contributed by atoms with Gasteiger partial charge in [0.2, 0.25) is 5.91 Å². The quantitative estimate of drug-likeness (QED) is 0.711. The maximum absolute atomic E-state index is 12.2. The summed E-state index contributed by atoms with van der Waals surface area (Å²) < 4.78 is 0. The van der Waals surface area contributed by atoms with Crippen LogP contribution in [0.15, 0.2) is 18.2 Å². The van der Waals surface area contributed by atoms with E-state index in [9.17, 15) is 9.59 Å². The number of benzene rings is 1. The minimum Gasteiger partial charge on any atom is -0.336 e. The first-order chi connectivity index (χ1) is 8.72. The summed E-state index contributed by atoms with van der Waals surface area (Å²) in [4.78, 5) is 26.2. The molecule has 0 unspecified atom stereocenters. The largest absolute Gasteiger partial charge is 0.336 e. The number of Topliss-reactive ketones (excluding diaryl/α,β-unsaturated/α-hetero) is 1. The second kappa shape index (κ2) is 4.23. The molecule has 0 bridgehead atoms. The Kier molecular flexibility index (Phi) is 2.69. The van der Waals surface area contributed by atoms with Gasteiger partial charge in [0.05, 0.1) is 12.5 Å². The standard InChI is InChI=1S/C15H17NO2/c1-2-16-12-8-4-6-10-5-3-7-11(15(10)12)13(17)9-14(16)18/h3,5,7,12H,2,4,6,8-9H2,1H3/t12-/m0/s1. The van der Waals surface area contributed by atoms with Gasteiger partial charge in [-0.1, -0.05) is 18.2 Å². The van der Waals surface area contributed by atoms with Crippen LogP contribution in [0.3, 0.4) is 0 Å². The van der Waals surface area contributed by atoms with Crippen molar-refractivity contribution in [2.45, 2.75) is 38.6 Å². The zero-order valence-electron chi connectivity index (χ0n) is 10.6. The SMILES string of the molecule is CCN1C(=O)CC(=O)c2cccc3c2[C@@H]1CCC3. The maximum Gasteiger partial charge on any atom is 0.230 e. The van der Waals surface area contributed by atoms with Gasteiger partial charge in [0.25, 0.3) is 0 Å². The van der Waals surface area contributed by atoms with Crippen LogP contribution < -0.4 is 0 Å². The number of carbonyl (C=O) groups excluding carboxylic acids is 2. The molecule has 1 heterocycles. The molecule has 94 valence electrons. The summed E-state index contributed by atoms with van der Waals surface area (Å²) in [6, 6.07) is 6.04. The van der Waals surface area contributed by atoms with Crippen LogP contribution in [0.25, 0.3) is 0 Å². The average Bonchev–Trinajstić information content (AvgIpc) is 2.48. The second-order valence-electron chi connectivity index (χ2n) is 5.07. The minimum atomic E-state index is -0.0171. The third-order valence-electron chi connectivity index (χ3n) is 4.10. The lowest BCUT2D eigenvalue weighted by Gasteiger charge is -2.34. The minimum absolute atomic E-state index is 0.0142. The van der Waals surface area contributed by atoms with Crippen LogP contribution in [0.5, 0.6) is 0 Å². The van der Waals surface area contributed by atoms with Crippen molar-refractivity contribution < 1.29 is 9.59 Å². The fourth-order valence-corrected chi connectivity index (χ4v) is 3.31. The van der Waals surface area contributed by atoms with Crippen molar-refractivity contribution >= 4 is 11.7 Å². The molecule has 1 aliphatic heterocycles. The summed E-state index contributed by atoms with van der Waals surface area (Å²) in [5.74, 6) is -0.0312. The highest BCUT2D eigenvalue weighted by Crippen LogP contribution is 2.39. The zero-order valence-corrected chi connectivity index (χ0v) is 10.6. The predicted octanol–water partition coefficient (Wildman–Crippen LogP) is 2.50. The van der Waals surface area contributed by atoms with Crippen molar-refractivity contribution in [3.05, 3.63) is 34.9 Å². The van der Waals surface area contributed by atoms with Crippen LogP contribution in [0.4, 0.5) is 0 Å². The third kappa shape index (κ3) is 1.57. The van der Waals surface area contributed by atoms with E-state index in [0.29, 0.717) is 6.54 Å². The van der Waals surface area contributed by atoms with Crippen LogP contribution in [-0.4, -0.2) is 23.1 Å². The summed E-state index contributed by atoms with van der Waals surface area (Å²) in [6.45, 7) is 2.68. The van der Waals surface area contributed by atoms with Crippen LogP contribution in [-0.2, 0) is 11.2 Å². The molecular weight excluding hydrogens is 226 g/mol. The Balaban J connectivity index is 2.21. The van der Waals surface area contributed by atoms with Gasteiger partial charge in [-0.25, -0.2) is 0 Å². The third-order valence-corrected chi connectivity index (χ3v) is 4.10. The van der Waals surface area contributed by atoms with Gasteiger partial charge in [0, 0.05) is 12.1 Å². The molecule has 0 N–H and O–H groups in total. The predicted molar refractivity (Wildman–Crippen MR) is 68.5 cm³/mol. The molecule has 3 rings (SSSR count). The van der Waals surface area contributed by atoms with Crippen molar-refractivity contribution in [2.24, 2.45) is 0 Å². The monoisotopic (exact) mass is 243 g/mol. The first-order valence-electron chi connectivity index (χ1n) is 6.66. The van der Waals surface area contributed by atoms with Crippen LogP contribution in [0.1, 0.15) is 53.7 Å². The van der Waals surface area contributed by atoms with E-state index in [4.69, 9.17) is 0 Å². The average molecular weight is 243 g/mol. The lowest BCUT2D eigenvalue weighted by atomic mass is 9.83. The van der Waals surface area contributed by atoms with Crippen LogP contribution in [0.2, 0.25) is 0 Å². The summed E-state index contributed by atoms with van der Waals surface area (Å²) in [5.41, 5.74) is 3.16. The maximum atomic E-state index is 12.2. The van der Waals surface area contributed by atoms with E-state index in [0.717, 1.165) is 30.4 Å². The molecule has 18 heavy (non-hydrogen) atoms. The molecule has 1 aliphatic carbocycles. The Morgan fingerprint density at radius 2 is 2.17 bits per heavy atom. The lowest BCUT2D eigenvalue weighted by Crippen LogP contribution is -2.35. The van der Waals surface area contributed by atoms with E-state index in [2.05, 4.69) is 6.07 Å². The Morgan fingerprint density at radius 3 is 2.94 bits per heavy atom. The molecule has 1 aromatic carbocycles. The van der Waals surface area contributed by atoms with Gasteiger partial charge >= 0.3 is 0 Å². The number of ketones is 1. The molecule has 0 radical (unpaired) electrons. The molecule has 3 heteroatoms. The first kappa shape index (κ1) is 11.5. The molecule has 0 saturated carbocycles. The van der Waals surface area contributed by atoms with E-state index >= 15 is 0 Å².